The van der Waals surface area contributed by atoms with Gasteiger partial charge in [-0.05, 0) is 57.3 Å². The highest BCUT2D eigenvalue weighted by Crippen LogP contribution is 2.30. The summed E-state index contributed by atoms with van der Waals surface area (Å²) in [6.07, 6.45) is 12.1. The summed E-state index contributed by atoms with van der Waals surface area (Å²) in [5.74, 6) is -0.534. The van der Waals surface area contributed by atoms with Crippen LogP contribution in [0.3, 0.4) is 0 Å². The van der Waals surface area contributed by atoms with Crippen molar-refractivity contribution >= 4 is 36.1 Å². The van der Waals surface area contributed by atoms with Gasteiger partial charge in [0.15, 0.2) is 0 Å². The Morgan fingerprint density at radius 1 is 0.939 bits per heavy atom. The lowest BCUT2D eigenvalue weighted by atomic mass is 9.79. The van der Waals surface area contributed by atoms with Gasteiger partial charge in [-0.1, -0.05) is 50.7 Å². The smallest absolute Gasteiger partial charge is 0.426 e. The average Bonchev–Trinajstić information content (AvgIpc) is 3.32. The van der Waals surface area contributed by atoms with Gasteiger partial charge in [-0.2, -0.15) is 0 Å². The SMILES string of the molecule is C[C@H](NC(=S)[C@@H](NC(=O)C1CCCN1C(=O)[C@@H](N)C1CCCCC1)C1CCCCC1)B(O)O. The fourth-order valence-corrected chi connectivity index (χ4v) is 6.13. The number of rotatable bonds is 8. The van der Waals surface area contributed by atoms with Gasteiger partial charge in [0.25, 0.3) is 0 Å². The Morgan fingerprint density at radius 3 is 2.09 bits per heavy atom. The molecule has 3 rings (SSSR count). The number of amides is 2. The third-order valence-electron chi connectivity index (χ3n) is 7.80. The molecule has 0 bridgehead atoms. The van der Waals surface area contributed by atoms with Crippen molar-refractivity contribution in [3.8, 4) is 0 Å². The monoisotopic (exact) mass is 480 g/mol. The van der Waals surface area contributed by atoms with Crippen LogP contribution in [0.2, 0.25) is 0 Å². The van der Waals surface area contributed by atoms with E-state index in [1.807, 2.05) is 0 Å². The largest absolute Gasteiger partial charge is 0.475 e. The molecule has 3 fully saturated rings. The lowest BCUT2D eigenvalue weighted by Crippen LogP contribution is -2.59. The van der Waals surface area contributed by atoms with Crippen LogP contribution in [0.1, 0.15) is 84.0 Å². The van der Waals surface area contributed by atoms with Crippen molar-refractivity contribution in [3.05, 3.63) is 0 Å². The first-order chi connectivity index (χ1) is 15.8. The predicted molar refractivity (Wildman–Crippen MR) is 133 cm³/mol. The van der Waals surface area contributed by atoms with Crippen LogP contribution in [0, 0.1) is 11.8 Å². The quantitative estimate of drug-likeness (QED) is 0.262. The maximum atomic E-state index is 13.4. The summed E-state index contributed by atoms with van der Waals surface area (Å²) in [6.45, 7) is 2.20. The summed E-state index contributed by atoms with van der Waals surface area (Å²) in [5, 5.41) is 25.0. The minimum Gasteiger partial charge on any atom is -0.426 e. The molecule has 2 amide bonds. The average molecular weight is 480 g/mol. The van der Waals surface area contributed by atoms with Crippen molar-refractivity contribution in [1.29, 1.82) is 0 Å². The Kier molecular flexibility index (Phi) is 9.97. The van der Waals surface area contributed by atoms with Crippen molar-refractivity contribution in [2.45, 2.75) is 108 Å². The van der Waals surface area contributed by atoms with Crippen molar-refractivity contribution < 1.29 is 19.6 Å². The molecule has 1 unspecified atom stereocenters. The van der Waals surface area contributed by atoms with Crippen LogP contribution in [0.4, 0.5) is 0 Å². The first kappa shape index (κ1) is 26.4. The van der Waals surface area contributed by atoms with Crippen LogP contribution in [0.15, 0.2) is 0 Å². The summed E-state index contributed by atoms with van der Waals surface area (Å²) in [6, 6.07) is -1.46. The first-order valence-corrected chi connectivity index (χ1v) is 13.2. The number of likely N-dealkylation sites (tertiary alicyclic amines) is 1. The Bertz CT molecular complexity index is 685. The van der Waals surface area contributed by atoms with E-state index in [1.54, 1.807) is 11.8 Å². The van der Waals surface area contributed by atoms with E-state index in [9.17, 15) is 19.6 Å². The second-order valence-electron chi connectivity index (χ2n) is 10.2. The van der Waals surface area contributed by atoms with E-state index in [2.05, 4.69) is 10.6 Å². The molecule has 1 saturated heterocycles. The van der Waals surface area contributed by atoms with Crippen molar-refractivity contribution in [1.82, 2.24) is 15.5 Å². The Morgan fingerprint density at radius 2 is 1.52 bits per heavy atom. The van der Waals surface area contributed by atoms with E-state index in [0.29, 0.717) is 18.0 Å². The number of carbonyl (C=O) groups excluding carboxylic acids is 2. The molecule has 2 saturated carbocycles. The fourth-order valence-electron chi connectivity index (χ4n) is 5.69. The van der Waals surface area contributed by atoms with Crippen molar-refractivity contribution in [2.75, 3.05) is 6.54 Å². The molecule has 0 aromatic rings. The second-order valence-corrected chi connectivity index (χ2v) is 10.6. The number of nitrogens with two attached hydrogens (primary N) is 1. The number of hydrogen-bond donors (Lipinski definition) is 5. The number of nitrogens with zero attached hydrogens (tertiary/aromatic N) is 1. The summed E-state index contributed by atoms with van der Waals surface area (Å²) < 4.78 is 0. The van der Waals surface area contributed by atoms with Gasteiger partial charge in [-0.15, -0.1) is 0 Å². The standard InChI is InChI=1S/C23H41BN4O4S/c1-15(24(31)32)26-22(33)20(17-11-6-3-7-12-17)27-21(29)18-13-8-14-28(18)23(30)19(25)16-9-4-2-5-10-16/h15-20,31-32H,2-14,25H2,1H3,(H,26,33)(H,27,29)/t15-,18?,19-,20-/m0/s1. The molecule has 0 spiro atoms. The van der Waals surface area contributed by atoms with E-state index in [-0.39, 0.29) is 23.7 Å². The number of carbonyl (C=O) groups is 2. The number of nitrogens with one attached hydrogen (secondary N) is 2. The van der Waals surface area contributed by atoms with Gasteiger partial charge < -0.3 is 31.3 Å². The lowest BCUT2D eigenvalue weighted by molar-refractivity contribution is -0.140. The van der Waals surface area contributed by atoms with Crippen LogP contribution in [-0.2, 0) is 9.59 Å². The molecule has 8 nitrogen and oxygen atoms in total. The predicted octanol–water partition coefficient (Wildman–Crippen LogP) is 1.27. The highest BCUT2D eigenvalue weighted by molar-refractivity contribution is 7.80. The number of thiocarbonyl (C=S) groups is 1. The molecule has 0 aromatic carbocycles. The van der Waals surface area contributed by atoms with Crippen molar-refractivity contribution in [3.63, 3.8) is 0 Å². The van der Waals surface area contributed by atoms with E-state index in [4.69, 9.17) is 18.0 Å². The summed E-state index contributed by atoms with van der Waals surface area (Å²) in [5.41, 5.74) is 6.38. The van der Waals surface area contributed by atoms with Crippen LogP contribution in [0.25, 0.3) is 0 Å². The molecule has 10 heteroatoms. The van der Waals surface area contributed by atoms with Crippen LogP contribution in [-0.4, -0.2) is 69.5 Å². The highest BCUT2D eigenvalue weighted by atomic mass is 32.1. The van der Waals surface area contributed by atoms with Crippen LogP contribution >= 0.6 is 12.2 Å². The Hall–Kier alpha value is -1.23. The topological polar surface area (TPSA) is 128 Å². The van der Waals surface area contributed by atoms with Gasteiger partial charge in [0.2, 0.25) is 11.8 Å². The minimum atomic E-state index is -1.55. The van der Waals surface area contributed by atoms with E-state index in [0.717, 1.165) is 57.8 Å². The van der Waals surface area contributed by atoms with Gasteiger partial charge in [-0.25, -0.2) is 0 Å². The Balaban J connectivity index is 1.67. The normalized spacial score (nSPS) is 25.2. The third kappa shape index (κ3) is 6.90. The van der Waals surface area contributed by atoms with Gasteiger partial charge in [0, 0.05) is 6.54 Å². The van der Waals surface area contributed by atoms with Gasteiger partial charge in [0.05, 0.1) is 23.0 Å². The first-order valence-electron chi connectivity index (χ1n) is 12.8. The molecule has 4 atom stereocenters. The molecule has 186 valence electrons. The van der Waals surface area contributed by atoms with E-state index in [1.165, 1.54) is 12.8 Å². The lowest BCUT2D eigenvalue weighted by Gasteiger charge is -2.35. The third-order valence-corrected chi connectivity index (χ3v) is 8.17. The zero-order chi connectivity index (χ0) is 24.0. The highest BCUT2D eigenvalue weighted by Gasteiger charge is 2.40. The maximum Gasteiger partial charge on any atom is 0.475 e. The second kappa shape index (κ2) is 12.5. The molecule has 2 aliphatic carbocycles. The van der Waals surface area contributed by atoms with E-state index < -0.39 is 31.2 Å². The summed E-state index contributed by atoms with van der Waals surface area (Å²) in [4.78, 5) is 28.7. The van der Waals surface area contributed by atoms with Crippen LogP contribution < -0.4 is 16.4 Å². The zero-order valence-electron chi connectivity index (χ0n) is 19.9. The van der Waals surface area contributed by atoms with Crippen LogP contribution in [0.5, 0.6) is 0 Å². The van der Waals surface area contributed by atoms with Gasteiger partial charge >= 0.3 is 7.12 Å². The zero-order valence-corrected chi connectivity index (χ0v) is 20.7. The molecule has 1 heterocycles. The van der Waals surface area contributed by atoms with Gasteiger partial charge in [0.1, 0.15) is 6.04 Å². The molecule has 6 N–H and O–H groups in total. The Labute approximate surface area is 203 Å². The molecule has 1 aliphatic heterocycles. The number of hydrogen-bond acceptors (Lipinski definition) is 6. The molecular weight excluding hydrogens is 439 g/mol. The minimum absolute atomic E-state index is 0.105. The molecule has 0 radical (unpaired) electrons. The van der Waals surface area contributed by atoms with E-state index >= 15 is 0 Å². The van der Waals surface area contributed by atoms with Gasteiger partial charge in [-0.3, -0.25) is 9.59 Å². The molecule has 33 heavy (non-hydrogen) atoms. The van der Waals surface area contributed by atoms with Crippen molar-refractivity contribution in [2.24, 2.45) is 17.6 Å². The summed E-state index contributed by atoms with van der Waals surface area (Å²) in [7, 11) is -1.55. The maximum absolute atomic E-state index is 13.4. The molecular formula is C23H41BN4O4S. The fraction of sp³-hybridized carbons (Fsp3) is 0.870. The molecule has 3 aliphatic rings. The summed E-state index contributed by atoms with van der Waals surface area (Å²) >= 11 is 5.60. The molecule has 0 aromatic heterocycles.